The fraction of sp³-hybridized carbons (Fsp3) is 0.526. The van der Waals surface area contributed by atoms with Crippen molar-refractivity contribution in [3.63, 3.8) is 0 Å². The fourth-order valence-corrected chi connectivity index (χ4v) is 3.21. The van der Waals surface area contributed by atoms with Crippen molar-refractivity contribution in [2.75, 3.05) is 27.2 Å². The molecule has 0 saturated carbocycles. The summed E-state index contributed by atoms with van der Waals surface area (Å²) in [5.74, 6) is 0.586. The van der Waals surface area contributed by atoms with Crippen LogP contribution in [-0.4, -0.2) is 60.4 Å². The average molecular weight is 522 g/mol. The predicted octanol–water partition coefficient (Wildman–Crippen LogP) is 3.08. The van der Waals surface area contributed by atoms with Crippen molar-refractivity contribution >= 4 is 53.5 Å². The number of carbonyl (C=O) groups excluding carboxylic acids is 2. The molecule has 1 aromatic rings. The Hall–Kier alpha value is -1.55. The second kappa shape index (κ2) is 10.8. The maximum absolute atomic E-state index is 12.4. The molecule has 156 valence electrons. The van der Waals surface area contributed by atoms with Crippen molar-refractivity contribution in [2.45, 2.75) is 38.8 Å². The zero-order valence-electron chi connectivity index (χ0n) is 16.8. The average Bonchev–Trinajstić information content (AvgIpc) is 2.85. The third kappa shape index (κ3) is 5.97. The summed E-state index contributed by atoms with van der Waals surface area (Å²) in [4.78, 5) is 32.0. The Kier molecular flexibility index (Phi) is 9.49. The number of rotatable bonds is 7. The molecule has 1 fully saturated rings. The molecular formula is C19H29ClIN5O2. The molecule has 1 aliphatic heterocycles. The molecular weight excluding hydrogens is 493 g/mol. The Morgan fingerprint density at radius 2 is 2.11 bits per heavy atom. The van der Waals surface area contributed by atoms with Gasteiger partial charge in [0.2, 0.25) is 0 Å². The monoisotopic (exact) mass is 521 g/mol. The van der Waals surface area contributed by atoms with Crippen LogP contribution in [0, 0.1) is 0 Å². The highest BCUT2D eigenvalue weighted by molar-refractivity contribution is 14.0. The summed E-state index contributed by atoms with van der Waals surface area (Å²) in [5.41, 5.74) is 0.309. The number of hydrogen-bond acceptors (Lipinski definition) is 3. The van der Waals surface area contributed by atoms with Crippen LogP contribution in [0.3, 0.4) is 0 Å². The molecule has 9 heteroatoms. The van der Waals surface area contributed by atoms with Crippen LogP contribution in [0.1, 0.15) is 32.3 Å². The molecule has 2 N–H and O–H groups in total. The van der Waals surface area contributed by atoms with Crippen molar-refractivity contribution < 1.29 is 9.59 Å². The lowest BCUT2D eigenvalue weighted by Gasteiger charge is -2.23. The highest BCUT2D eigenvalue weighted by Gasteiger charge is 2.45. The van der Waals surface area contributed by atoms with Crippen LogP contribution in [0.4, 0.5) is 4.79 Å². The zero-order valence-corrected chi connectivity index (χ0v) is 19.9. The van der Waals surface area contributed by atoms with Gasteiger partial charge in [0.25, 0.3) is 5.91 Å². The largest absolute Gasteiger partial charge is 0.356 e. The van der Waals surface area contributed by atoms with Crippen molar-refractivity contribution in [1.29, 1.82) is 0 Å². The predicted molar refractivity (Wildman–Crippen MR) is 123 cm³/mol. The lowest BCUT2D eigenvalue weighted by Crippen LogP contribution is -2.43. The molecule has 3 amide bonds. The second-order valence-electron chi connectivity index (χ2n) is 6.89. The minimum atomic E-state index is -0.780. The van der Waals surface area contributed by atoms with Gasteiger partial charge in [0.15, 0.2) is 5.96 Å². The molecule has 0 spiro atoms. The Labute approximate surface area is 188 Å². The number of amides is 3. The van der Waals surface area contributed by atoms with Gasteiger partial charge >= 0.3 is 6.03 Å². The maximum atomic E-state index is 12.4. The summed E-state index contributed by atoms with van der Waals surface area (Å²) in [6.07, 6.45) is 1.22. The van der Waals surface area contributed by atoms with E-state index in [2.05, 4.69) is 15.6 Å². The summed E-state index contributed by atoms with van der Waals surface area (Å²) in [6.45, 7) is 5.30. The first-order chi connectivity index (χ1) is 12.8. The van der Waals surface area contributed by atoms with Crippen molar-refractivity contribution in [1.82, 2.24) is 20.4 Å². The van der Waals surface area contributed by atoms with Gasteiger partial charge in [0.05, 0.1) is 0 Å². The summed E-state index contributed by atoms with van der Waals surface area (Å²) < 4.78 is 0. The van der Waals surface area contributed by atoms with Gasteiger partial charge < -0.3 is 15.5 Å². The third-order valence-electron chi connectivity index (χ3n) is 4.78. The van der Waals surface area contributed by atoms with Crippen LogP contribution in [0.2, 0.25) is 5.02 Å². The highest BCUT2D eigenvalue weighted by Crippen LogP contribution is 2.20. The number of nitrogens with one attached hydrogen (secondary N) is 2. The van der Waals surface area contributed by atoms with Crippen molar-refractivity contribution in [3.05, 3.63) is 34.9 Å². The molecule has 1 aromatic carbocycles. The number of guanidine groups is 1. The molecule has 1 aliphatic rings. The van der Waals surface area contributed by atoms with E-state index in [1.54, 1.807) is 14.0 Å². The van der Waals surface area contributed by atoms with E-state index in [0.29, 0.717) is 37.5 Å². The zero-order chi connectivity index (χ0) is 20.0. The van der Waals surface area contributed by atoms with Gasteiger partial charge in [-0.05, 0) is 37.5 Å². The number of carbonyl (C=O) groups is 2. The van der Waals surface area contributed by atoms with Gasteiger partial charge in [0, 0.05) is 38.8 Å². The van der Waals surface area contributed by atoms with E-state index in [1.807, 2.05) is 43.1 Å². The van der Waals surface area contributed by atoms with Gasteiger partial charge in [0.1, 0.15) is 5.54 Å². The molecule has 1 atom stereocenters. The first-order valence-electron chi connectivity index (χ1n) is 9.11. The summed E-state index contributed by atoms with van der Waals surface area (Å²) in [6, 6.07) is 7.39. The van der Waals surface area contributed by atoms with Crippen molar-refractivity contribution in [3.8, 4) is 0 Å². The Morgan fingerprint density at radius 3 is 2.68 bits per heavy atom. The van der Waals surface area contributed by atoms with E-state index in [-0.39, 0.29) is 35.9 Å². The Bertz CT molecular complexity index is 730. The topological polar surface area (TPSA) is 77.0 Å². The van der Waals surface area contributed by atoms with E-state index < -0.39 is 5.54 Å². The van der Waals surface area contributed by atoms with Crippen LogP contribution < -0.4 is 10.6 Å². The summed E-state index contributed by atoms with van der Waals surface area (Å²) in [5, 5.41) is 6.74. The van der Waals surface area contributed by atoms with E-state index in [4.69, 9.17) is 11.6 Å². The van der Waals surface area contributed by atoms with Crippen LogP contribution in [-0.2, 0) is 11.3 Å². The van der Waals surface area contributed by atoms with E-state index in [1.165, 1.54) is 4.90 Å². The van der Waals surface area contributed by atoms with Crippen molar-refractivity contribution in [2.24, 2.45) is 4.99 Å². The smallest absolute Gasteiger partial charge is 0.325 e. The second-order valence-corrected chi connectivity index (χ2v) is 7.32. The Morgan fingerprint density at radius 1 is 1.39 bits per heavy atom. The van der Waals surface area contributed by atoms with Crippen LogP contribution in [0.25, 0.3) is 0 Å². The molecule has 0 aliphatic carbocycles. The maximum Gasteiger partial charge on any atom is 0.325 e. The van der Waals surface area contributed by atoms with E-state index in [9.17, 15) is 9.59 Å². The lowest BCUT2D eigenvalue weighted by molar-refractivity contribution is -0.130. The minimum Gasteiger partial charge on any atom is -0.356 e. The van der Waals surface area contributed by atoms with Gasteiger partial charge in [-0.1, -0.05) is 30.7 Å². The number of halogens is 2. The van der Waals surface area contributed by atoms with Gasteiger partial charge in [-0.3, -0.25) is 14.7 Å². The molecule has 0 aromatic heterocycles. The van der Waals surface area contributed by atoms with E-state index >= 15 is 0 Å². The molecule has 1 heterocycles. The SMILES string of the molecule is CCC1(C)NC(=O)N(CCCNC(=NC)N(C)Cc2cccc(Cl)c2)C1=O.I. The van der Waals surface area contributed by atoms with Gasteiger partial charge in [-0.25, -0.2) is 4.79 Å². The standard InChI is InChI=1S/C19H28ClN5O2.HI/c1-5-19(2)16(26)25(18(27)23-19)11-7-10-22-17(21-3)24(4)13-14-8-6-9-15(20)12-14;/h6,8-9,12H,5,7,10-11,13H2,1-4H3,(H,21,22)(H,23,27);1H. The molecule has 0 bridgehead atoms. The molecule has 7 nitrogen and oxygen atoms in total. The first-order valence-corrected chi connectivity index (χ1v) is 9.49. The van der Waals surface area contributed by atoms with Gasteiger partial charge in [-0.15, -0.1) is 24.0 Å². The Balaban J connectivity index is 0.00000392. The summed E-state index contributed by atoms with van der Waals surface area (Å²) in [7, 11) is 3.67. The van der Waals surface area contributed by atoms with Crippen LogP contribution >= 0.6 is 35.6 Å². The first kappa shape index (κ1) is 24.5. The normalized spacial score (nSPS) is 19.3. The number of hydrogen-bond donors (Lipinski definition) is 2. The van der Waals surface area contributed by atoms with Crippen LogP contribution in [0.5, 0.6) is 0 Å². The number of nitrogens with zero attached hydrogens (tertiary/aromatic N) is 3. The number of aliphatic imine (C=N–C) groups is 1. The molecule has 2 rings (SSSR count). The quantitative estimate of drug-likeness (QED) is 0.190. The van der Waals surface area contributed by atoms with E-state index in [0.717, 1.165) is 11.5 Å². The molecule has 1 saturated heterocycles. The number of urea groups is 1. The number of benzene rings is 1. The summed E-state index contributed by atoms with van der Waals surface area (Å²) >= 11 is 6.03. The molecule has 0 radical (unpaired) electrons. The van der Waals surface area contributed by atoms with Crippen LogP contribution in [0.15, 0.2) is 29.3 Å². The minimum absolute atomic E-state index is 0. The molecule has 28 heavy (non-hydrogen) atoms. The fourth-order valence-electron chi connectivity index (χ4n) is 3.00. The lowest BCUT2D eigenvalue weighted by atomic mass is 9.99. The van der Waals surface area contributed by atoms with Gasteiger partial charge in [-0.2, -0.15) is 0 Å². The molecule has 1 unspecified atom stereocenters. The highest BCUT2D eigenvalue weighted by atomic mass is 127. The number of imide groups is 1. The third-order valence-corrected chi connectivity index (χ3v) is 5.01.